The maximum atomic E-state index is 4.11. The molecule has 3 heteroatoms. The molecule has 0 bridgehead atoms. The van der Waals surface area contributed by atoms with Crippen LogP contribution < -0.4 is 5.32 Å². The van der Waals surface area contributed by atoms with Crippen LogP contribution in [0.1, 0.15) is 0 Å². The monoisotopic (exact) mass is 187 g/mol. The van der Waals surface area contributed by atoms with Crippen molar-refractivity contribution in [3.05, 3.63) is 5.32 Å². The standard InChI is InChI=1S/C4H9N2.Ru/c1-2-6-4-3-5-1;/h5H,1-4H2;/q-1;+1. The first-order valence-corrected chi connectivity index (χ1v) is 2.34. The molecule has 1 aliphatic rings. The Labute approximate surface area is 56.8 Å². The van der Waals surface area contributed by atoms with Gasteiger partial charge in [-0.1, -0.05) is 0 Å². The van der Waals surface area contributed by atoms with Crippen LogP contribution in [0.4, 0.5) is 0 Å². The van der Waals surface area contributed by atoms with E-state index in [4.69, 9.17) is 0 Å². The summed E-state index contributed by atoms with van der Waals surface area (Å²) in [5.41, 5.74) is 0. The molecule has 0 unspecified atom stereocenters. The number of hydrogen-bond acceptors (Lipinski definition) is 1. The number of piperazine rings is 1. The van der Waals surface area contributed by atoms with Gasteiger partial charge < -0.3 is 10.6 Å². The van der Waals surface area contributed by atoms with Crippen LogP contribution in [0.25, 0.3) is 5.32 Å². The summed E-state index contributed by atoms with van der Waals surface area (Å²) in [6.45, 7) is 4.19. The van der Waals surface area contributed by atoms with E-state index in [0.717, 1.165) is 26.2 Å². The molecule has 1 fully saturated rings. The predicted molar refractivity (Wildman–Crippen MR) is 26.0 cm³/mol. The first kappa shape index (κ1) is 7.54. The van der Waals surface area contributed by atoms with Gasteiger partial charge in [-0.15, -0.1) is 13.1 Å². The molecule has 7 heavy (non-hydrogen) atoms. The normalized spacial score (nSPS) is 20.6. The van der Waals surface area contributed by atoms with Crippen LogP contribution in [-0.4, -0.2) is 26.2 Å². The van der Waals surface area contributed by atoms with Gasteiger partial charge in [-0.3, -0.25) is 0 Å². The molecule has 43 valence electrons. The van der Waals surface area contributed by atoms with Crippen LogP contribution >= 0.6 is 0 Å². The van der Waals surface area contributed by atoms with E-state index in [0.29, 0.717) is 0 Å². The molecule has 0 aromatic heterocycles. The zero-order chi connectivity index (χ0) is 4.24. The first-order chi connectivity index (χ1) is 3.00. The molecular weight excluding hydrogens is 177 g/mol. The van der Waals surface area contributed by atoms with Crippen molar-refractivity contribution in [1.29, 1.82) is 0 Å². The molecule has 0 spiro atoms. The van der Waals surface area contributed by atoms with E-state index in [9.17, 15) is 0 Å². The molecule has 2 nitrogen and oxygen atoms in total. The van der Waals surface area contributed by atoms with Gasteiger partial charge in [0.1, 0.15) is 0 Å². The van der Waals surface area contributed by atoms with Crippen LogP contribution in [0.2, 0.25) is 0 Å². The third-order valence-corrected chi connectivity index (χ3v) is 0.893. The van der Waals surface area contributed by atoms with Crippen LogP contribution in [-0.2, 0) is 19.5 Å². The Morgan fingerprint density at radius 1 is 1.14 bits per heavy atom. The maximum absolute atomic E-state index is 4.11. The van der Waals surface area contributed by atoms with Crippen LogP contribution in [0, 0.1) is 0 Å². The average molecular weight is 186 g/mol. The molecule has 0 saturated carbocycles. The van der Waals surface area contributed by atoms with E-state index in [1.165, 1.54) is 0 Å². The van der Waals surface area contributed by atoms with Gasteiger partial charge in [0.05, 0.1) is 0 Å². The van der Waals surface area contributed by atoms with Gasteiger partial charge in [-0.05, 0) is 13.1 Å². The van der Waals surface area contributed by atoms with Gasteiger partial charge in [0.2, 0.25) is 0 Å². The second-order valence-corrected chi connectivity index (χ2v) is 1.42. The van der Waals surface area contributed by atoms with E-state index in [1.807, 2.05) is 0 Å². The largest absolute Gasteiger partial charge is 1.00 e. The van der Waals surface area contributed by atoms with Crippen molar-refractivity contribution < 1.29 is 19.5 Å². The summed E-state index contributed by atoms with van der Waals surface area (Å²) in [5, 5.41) is 7.31. The Morgan fingerprint density at radius 3 is 1.86 bits per heavy atom. The summed E-state index contributed by atoms with van der Waals surface area (Å²) in [4.78, 5) is 0. The third-order valence-electron chi connectivity index (χ3n) is 0.893. The van der Waals surface area contributed by atoms with Gasteiger partial charge in [0.15, 0.2) is 0 Å². The van der Waals surface area contributed by atoms with Gasteiger partial charge in [-0.2, -0.15) is 0 Å². The van der Waals surface area contributed by atoms with Crippen molar-refractivity contribution in [3.8, 4) is 0 Å². The fourth-order valence-electron chi connectivity index (χ4n) is 0.553. The molecule has 0 aromatic rings. The van der Waals surface area contributed by atoms with Gasteiger partial charge in [0, 0.05) is 0 Å². The summed E-state index contributed by atoms with van der Waals surface area (Å²) >= 11 is 0. The molecule has 1 heterocycles. The Hall–Kier alpha value is 0.543. The minimum atomic E-state index is 0. The van der Waals surface area contributed by atoms with Crippen LogP contribution in [0.3, 0.4) is 0 Å². The van der Waals surface area contributed by atoms with E-state index >= 15 is 0 Å². The van der Waals surface area contributed by atoms with Crippen LogP contribution in [0.15, 0.2) is 0 Å². The minimum absolute atomic E-state index is 0. The van der Waals surface area contributed by atoms with E-state index < -0.39 is 0 Å². The van der Waals surface area contributed by atoms with E-state index in [1.54, 1.807) is 0 Å². The van der Waals surface area contributed by atoms with Crippen molar-refractivity contribution in [1.82, 2.24) is 5.32 Å². The van der Waals surface area contributed by atoms with Crippen molar-refractivity contribution >= 4 is 0 Å². The quantitative estimate of drug-likeness (QED) is 0.528. The number of hydrogen-bond donors (Lipinski definition) is 1. The number of rotatable bonds is 0. The van der Waals surface area contributed by atoms with Gasteiger partial charge >= 0.3 is 19.5 Å². The zero-order valence-electron chi connectivity index (χ0n) is 4.13. The molecule has 1 aliphatic heterocycles. The molecule has 1 radical (unpaired) electrons. The molecule has 1 N–H and O–H groups in total. The van der Waals surface area contributed by atoms with E-state index in [2.05, 4.69) is 10.6 Å². The maximum Gasteiger partial charge on any atom is 1.00 e. The summed E-state index contributed by atoms with van der Waals surface area (Å²) in [5.74, 6) is 0. The fourth-order valence-corrected chi connectivity index (χ4v) is 0.553. The SMILES string of the molecule is C1CNCC[N-]1.[Ru+]. The molecule has 0 amide bonds. The molecule has 0 aromatic carbocycles. The van der Waals surface area contributed by atoms with Crippen molar-refractivity contribution in [2.45, 2.75) is 0 Å². The Kier molecular flexibility index (Phi) is 5.06. The Bertz CT molecular complexity index is 25.2. The topological polar surface area (TPSA) is 26.1 Å². The molecule has 1 rings (SSSR count). The second-order valence-electron chi connectivity index (χ2n) is 1.42. The van der Waals surface area contributed by atoms with E-state index in [-0.39, 0.29) is 19.5 Å². The predicted octanol–water partition coefficient (Wildman–Crippen LogP) is -0.0392. The molecule has 1 saturated heterocycles. The van der Waals surface area contributed by atoms with Gasteiger partial charge in [-0.25, -0.2) is 0 Å². The summed E-state index contributed by atoms with van der Waals surface area (Å²) in [6, 6.07) is 0. The smallest absolute Gasteiger partial charge is 0.660 e. The average Bonchev–Trinajstić information content (AvgIpc) is 1.72. The molecule has 0 atom stereocenters. The first-order valence-electron chi connectivity index (χ1n) is 2.34. The fraction of sp³-hybridized carbons (Fsp3) is 1.00. The molecular formula is C4H9N2Ru. The zero-order valence-corrected chi connectivity index (χ0v) is 5.87. The second kappa shape index (κ2) is 4.70. The summed E-state index contributed by atoms with van der Waals surface area (Å²) < 4.78 is 0. The van der Waals surface area contributed by atoms with Gasteiger partial charge in [0.25, 0.3) is 0 Å². The number of nitrogens with zero attached hydrogens (tertiary/aromatic N) is 1. The van der Waals surface area contributed by atoms with Crippen molar-refractivity contribution in [3.63, 3.8) is 0 Å². The Morgan fingerprint density at radius 2 is 1.71 bits per heavy atom. The van der Waals surface area contributed by atoms with Crippen LogP contribution in [0.5, 0.6) is 0 Å². The minimum Gasteiger partial charge on any atom is -0.660 e. The Balaban J connectivity index is 0.000000360. The summed E-state index contributed by atoms with van der Waals surface area (Å²) in [7, 11) is 0. The summed E-state index contributed by atoms with van der Waals surface area (Å²) in [6.07, 6.45) is 0. The van der Waals surface area contributed by atoms with Crippen molar-refractivity contribution in [2.75, 3.05) is 26.2 Å². The third kappa shape index (κ3) is 3.15. The van der Waals surface area contributed by atoms with Crippen molar-refractivity contribution in [2.24, 2.45) is 0 Å². The molecule has 0 aliphatic carbocycles. The number of nitrogens with one attached hydrogen (secondary N) is 1.